The number of anilines is 6. The van der Waals surface area contributed by atoms with Crippen molar-refractivity contribution in [1.29, 1.82) is 0 Å². The van der Waals surface area contributed by atoms with Crippen LogP contribution in [0.2, 0.25) is 0 Å². The molecule has 3 nitrogen and oxygen atoms in total. The van der Waals surface area contributed by atoms with E-state index in [0.717, 1.165) is 83.9 Å². The van der Waals surface area contributed by atoms with Gasteiger partial charge >= 0.3 is 0 Å². The van der Waals surface area contributed by atoms with Gasteiger partial charge in [0.25, 0.3) is 0 Å². The fourth-order valence-corrected chi connectivity index (χ4v) is 8.74. The first-order valence-corrected chi connectivity index (χ1v) is 20.7. The van der Waals surface area contributed by atoms with E-state index in [9.17, 15) is 0 Å². The number of nitrogens with zero attached hydrogens (tertiary/aromatic N) is 2. The summed E-state index contributed by atoms with van der Waals surface area (Å²) in [6.45, 7) is 0. The highest BCUT2D eigenvalue weighted by Crippen LogP contribution is 2.46. The van der Waals surface area contributed by atoms with Crippen LogP contribution in [0.1, 0.15) is 0 Å². The van der Waals surface area contributed by atoms with Crippen molar-refractivity contribution in [3.63, 3.8) is 0 Å². The zero-order chi connectivity index (χ0) is 40.5. The molecule has 0 amide bonds. The summed E-state index contributed by atoms with van der Waals surface area (Å²) in [7, 11) is 0. The van der Waals surface area contributed by atoms with Crippen LogP contribution >= 0.6 is 0 Å². The van der Waals surface area contributed by atoms with Crippen LogP contribution in [0.5, 0.6) is 0 Å². The standard InChI is InChI=1S/C58H40N2O/c1-4-17-43(18-5-1)58-52-27-11-10-16-42(52)32-37-55(58)60(51-35-36-54-53-28-12-13-29-56(53)61-57(54)40-51)50-26-15-21-46(39-50)45-20-14-19-44(38-45)41-30-33-49(34-31-41)59(47-22-6-2-7-23-47)48-24-8-3-9-25-48/h1-40H. The zero-order valence-electron chi connectivity index (χ0n) is 33.4. The molecule has 0 atom stereocenters. The summed E-state index contributed by atoms with van der Waals surface area (Å²) in [5.41, 5.74) is 15.2. The van der Waals surface area contributed by atoms with E-state index in [1.54, 1.807) is 0 Å². The van der Waals surface area contributed by atoms with Crippen LogP contribution in [0.4, 0.5) is 34.1 Å². The number of hydrogen-bond acceptors (Lipinski definition) is 3. The first-order valence-electron chi connectivity index (χ1n) is 20.7. The van der Waals surface area contributed by atoms with E-state index in [0.29, 0.717) is 0 Å². The minimum atomic E-state index is 0.858. The van der Waals surface area contributed by atoms with Crippen molar-refractivity contribution in [2.75, 3.05) is 9.80 Å². The number of furan rings is 1. The van der Waals surface area contributed by atoms with Gasteiger partial charge in [-0.15, -0.1) is 0 Å². The second-order valence-electron chi connectivity index (χ2n) is 15.3. The third-order valence-electron chi connectivity index (χ3n) is 11.6. The zero-order valence-corrected chi connectivity index (χ0v) is 33.4. The Kier molecular flexibility index (Phi) is 9.18. The Labute approximate surface area is 355 Å². The van der Waals surface area contributed by atoms with Crippen LogP contribution in [0.3, 0.4) is 0 Å². The molecule has 0 aliphatic carbocycles. The first-order chi connectivity index (χ1) is 30.2. The molecule has 1 heterocycles. The number of fused-ring (bicyclic) bond motifs is 4. The highest BCUT2D eigenvalue weighted by Gasteiger charge is 2.21. The summed E-state index contributed by atoms with van der Waals surface area (Å²) < 4.78 is 6.48. The predicted octanol–water partition coefficient (Wildman–Crippen LogP) is 16.7. The van der Waals surface area contributed by atoms with E-state index < -0.39 is 0 Å². The lowest BCUT2D eigenvalue weighted by atomic mass is 9.94. The van der Waals surface area contributed by atoms with E-state index in [1.165, 1.54) is 16.3 Å². The van der Waals surface area contributed by atoms with Gasteiger partial charge in [0.1, 0.15) is 11.2 Å². The fraction of sp³-hybridized carbons (Fsp3) is 0. The normalized spacial score (nSPS) is 11.3. The Morgan fingerprint density at radius 1 is 0.262 bits per heavy atom. The van der Waals surface area contributed by atoms with Gasteiger partial charge < -0.3 is 14.2 Å². The molecule has 0 aliphatic heterocycles. The molecule has 0 N–H and O–H groups in total. The topological polar surface area (TPSA) is 19.6 Å². The summed E-state index contributed by atoms with van der Waals surface area (Å²) in [4.78, 5) is 4.68. The molecule has 1 aromatic heterocycles. The van der Waals surface area contributed by atoms with E-state index in [-0.39, 0.29) is 0 Å². The Bertz CT molecular complexity index is 3260. The smallest absolute Gasteiger partial charge is 0.137 e. The molecule has 0 radical (unpaired) electrons. The lowest BCUT2D eigenvalue weighted by Crippen LogP contribution is -2.11. The van der Waals surface area contributed by atoms with E-state index in [4.69, 9.17) is 4.42 Å². The Hall–Kier alpha value is -8.14. The number of benzene rings is 10. The molecule has 0 saturated carbocycles. The van der Waals surface area contributed by atoms with Gasteiger partial charge in [0, 0.05) is 50.8 Å². The van der Waals surface area contributed by atoms with Gasteiger partial charge in [-0.05, 0) is 117 Å². The van der Waals surface area contributed by atoms with E-state index >= 15 is 0 Å². The van der Waals surface area contributed by atoms with Crippen molar-refractivity contribution in [1.82, 2.24) is 0 Å². The molecule has 11 rings (SSSR count). The van der Waals surface area contributed by atoms with E-state index in [1.807, 2.05) is 12.1 Å². The lowest BCUT2D eigenvalue weighted by molar-refractivity contribution is 0.669. The van der Waals surface area contributed by atoms with Crippen molar-refractivity contribution in [2.45, 2.75) is 0 Å². The molecule has 0 aliphatic rings. The fourth-order valence-electron chi connectivity index (χ4n) is 8.74. The maximum absolute atomic E-state index is 6.48. The molecule has 10 aromatic carbocycles. The first kappa shape index (κ1) is 36.0. The molecule has 0 fully saturated rings. The molecule has 3 heteroatoms. The average molecular weight is 781 g/mol. The van der Waals surface area contributed by atoms with Crippen molar-refractivity contribution < 1.29 is 4.42 Å². The van der Waals surface area contributed by atoms with Crippen LogP contribution in [0.25, 0.3) is 66.1 Å². The van der Waals surface area contributed by atoms with Crippen LogP contribution in [-0.4, -0.2) is 0 Å². The maximum atomic E-state index is 6.48. The molecule has 0 unspecified atom stereocenters. The molecular formula is C58H40N2O. The van der Waals surface area contributed by atoms with E-state index in [2.05, 4.69) is 240 Å². The lowest BCUT2D eigenvalue weighted by Gasteiger charge is -2.29. The van der Waals surface area contributed by atoms with Gasteiger partial charge in [-0.1, -0.05) is 158 Å². The van der Waals surface area contributed by atoms with Gasteiger partial charge in [0.05, 0.1) is 5.69 Å². The molecule has 288 valence electrons. The molecule has 61 heavy (non-hydrogen) atoms. The summed E-state index contributed by atoms with van der Waals surface area (Å²) in [6.07, 6.45) is 0. The third kappa shape index (κ3) is 6.78. The van der Waals surface area contributed by atoms with Crippen LogP contribution in [0.15, 0.2) is 247 Å². The Morgan fingerprint density at radius 3 is 1.51 bits per heavy atom. The van der Waals surface area contributed by atoms with Crippen LogP contribution < -0.4 is 9.80 Å². The van der Waals surface area contributed by atoms with Gasteiger partial charge in [-0.3, -0.25) is 0 Å². The quantitative estimate of drug-likeness (QED) is 0.145. The molecular weight excluding hydrogens is 741 g/mol. The van der Waals surface area contributed by atoms with Gasteiger partial charge in [-0.25, -0.2) is 0 Å². The van der Waals surface area contributed by atoms with Crippen molar-refractivity contribution in [3.05, 3.63) is 243 Å². The van der Waals surface area contributed by atoms with Gasteiger partial charge in [0.15, 0.2) is 0 Å². The Balaban J connectivity index is 1.02. The minimum absolute atomic E-state index is 0.858. The summed E-state index contributed by atoms with van der Waals surface area (Å²) >= 11 is 0. The van der Waals surface area contributed by atoms with Crippen molar-refractivity contribution in [3.8, 4) is 33.4 Å². The van der Waals surface area contributed by atoms with Gasteiger partial charge in [0.2, 0.25) is 0 Å². The SMILES string of the molecule is c1ccc(-c2c(N(c3cccc(-c4cccc(-c5ccc(N(c6ccccc6)c6ccccc6)cc5)c4)c3)c3ccc4c(c3)oc3ccccc34)ccc3ccccc23)cc1. The van der Waals surface area contributed by atoms with Crippen molar-refractivity contribution in [2.24, 2.45) is 0 Å². The monoisotopic (exact) mass is 780 g/mol. The molecule has 0 spiro atoms. The van der Waals surface area contributed by atoms with Crippen LogP contribution in [0, 0.1) is 0 Å². The second kappa shape index (κ2) is 15.6. The number of hydrogen-bond donors (Lipinski definition) is 0. The summed E-state index contributed by atoms with van der Waals surface area (Å²) in [5, 5.41) is 4.62. The molecule has 11 aromatic rings. The Morgan fingerprint density at radius 2 is 0.770 bits per heavy atom. The highest BCUT2D eigenvalue weighted by molar-refractivity contribution is 6.08. The van der Waals surface area contributed by atoms with Crippen LogP contribution in [-0.2, 0) is 0 Å². The third-order valence-corrected chi connectivity index (χ3v) is 11.6. The largest absolute Gasteiger partial charge is 0.456 e. The molecule has 0 saturated heterocycles. The average Bonchev–Trinajstić information content (AvgIpc) is 3.71. The maximum Gasteiger partial charge on any atom is 0.137 e. The van der Waals surface area contributed by atoms with Crippen molar-refractivity contribution >= 4 is 66.8 Å². The number of para-hydroxylation sites is 3. The van der Waals surface area contributed by atoms with Gasteiger partial charge in [-0.2, -0.15) is 0 Å². The summed E-state index contributed by atoms with van der Waals surface area (Å²) in [5.74, 6) is 0. The number of rotatable bonds is 9. The molecule has 0 bridgehead atoms. The highest BCUT2D eigenvalue weighted by atomic mass is 16.3. The minimum Gasteiger partial charge on any atom is -0.456 e. The predicted molar refractivity (Wildman–Crippen MR) is 257 cm³/mol. The second-order valence-corrected chi connectivity index (χ2v) is 15.3. The summed E-state index contributed by atoms with van der Waals surface area (Å²) in [6, 6.07) is 86.5.